The number of hydrogen-bond acceptors (Lipinski definition) is 11. The summed E-state index contributed by atoms with van der Waals surface area (Å²) in [7, 11) is -1.26. The fourth-order valence-electron chi connectivity index (χ4n) is 4.64. The molecule has 0 fully saturated rings. The zero-order valence-corrected chi connectivity index (χ0v) is 27.5. The number of phosphoric acid groups is 1. The number of carbonyl (C=O) groups is 1. The van der Waals surface area contributed by atoms with Gasteiger partial charge in [-0.25, -0.2) is 9.36 Å². The average Bonchev–Trinajstić information content (AvgIpc) is 3.45. The largest absolute Gasteiger partial charge is 0.497 e. The third-order valence-corrected chi connectivity index (χ3v) is 8.66. The maximum absolute atomic E-state index is 14.1. The minimum absolute atomic E-state index is 0.0000584. The van der Waals surface area contributed by atoms with E-state index in [2.05, 4.69) is 0 Å². The molecule has 1 aliphatic rings. The summed E-state index contributed by atoms with van der Waals surface area (Å²) >= 11 is 0. The van der Waals surface area contributed by atoms with Gasteiger partial charge in [-0.2, -0.15) is 0 Å². The SMILES string of the molecule is COc1ccc(COC2=C(OCc3ccc(OC)cc3)C([C@H](CO)OP(=O)(OCc3ccccc3)OCc3ccccc3)OC2=O)cc1. The topological polar surface area (TPSA) is 128 Å². The van der Waals surface area contributed by atoms with Crippen molar-refractivity contribution in [2.45, 2.75) is 38.6 Å². The van der Waals surface area contributed by atoms with Gasteiger partial charge in [0.2, 0.25) is 5.76 Å². The van der Waals surface area contributed by atoms with Crippen LogP contribution in [0.2, 0.25) is 0 Å². The van der Waals surface area contributed by atoms with Crippen molar-refractivity contribution in [3.05, 3.63) is 143 Å². The van der Waals surface area contributed by atoms with E-state index in [-0.39, 0.29) is 37.9 Å². The second-order valence-corrected chi connectivity index (χ2v) is 12.2. The van der Waals surface area contributed by atoms with Crippen molar-refractivity contribution in [1.82, 2.24) is 0 Å². The number of cyclic esters (lactones) is 1. The van der Waals surface area contributed by atoms with Crippen LogP contribution in [-0.4, -0.2) is 44.1 Å². The lowest BCUT2D eigenvalue weighted by Crippen LogP contribution is -2.35. The molecule has 0 bridgehead atoms. The molecule has 0 saturated carbocycles. The number of benzene rings is 4. The summed E-state index contributed by atoms with van der Waals surface area (Å²) in [6.45, 7) is -0.940. The standard InChI is InChI=1S/C36H37O11P/c1-40-30-17-13-28(14-18-30)22-42-34-33(46-36(38)35(34)43-23-29-15-19-31(41-2)20-16-29)32(21-37)47-48(39,44-24-26-9-5-3-6-10-26)45-25-27-11-7-4-8-12-27/h3-20,32-33,37H,21-25H2,1-2H3/t32-,33?/m0/s1. The van der Waals surface area contributed by atoms with Crippen molar-refractivity contribution in [1.29, 1.82) is 0 Å². The van der Waals surface area contributed by atoms with E-state index in [1.807, 2.05) is 36.4 Å². The number of ether oxygens (including phenoxy) is 5. The average molecular weight is 677 g/mol. The molecular formula is C36H37O11P. The van der Waals surface area contributed by atoms with Crippen molar-refractivity contribution < 1.29 is 51.7 Å². The third-order valence-electron chi connectivity index (χ3n) is 7.24. The molecule has 12 heteroatoms. The van der Waals surface area contributed by atoms with Gasteiger partial charge in [-0.1, -0.05) is 84.9 Å². The van der Waals surface area contributed by atoms with Crippen molar-refractivity contribution >= 4 is 13.8 Å². The molecule has 1 unspecified atom stereocenters. The summed E-state index contributed by atoms with van der Waals surface area (Å²) in [5, 5.41) is 10.5. The summed E-state index contributed by atoms with van der Waals surface area (Å²) in [5.74, 6) is 0.232. The van der Waals surface area contributed by atoms with Crippen LogP contribution in [0.3, 0.4) is 0 Å². The fraction of sp³-hybridized carbons (Fsp3) is 0.250. The molecule has 0 aliphatic carbocycles. The molecule has 0 spiro atoms. The van der Waals surface area contributed by atoms with E-state index in [4.69, 9.17) is 37.3 Å². The van der Waals surface area contributed by atoms with E-state index in [1.54, 1.807) is 87.0 Å². The number of phosphoric ester groups is 1. The van der Waals surface area contributed by atoms with E-state index in [9.17, 15) is 14.5 Å². The fourth-order valence-corrected chi connectivity index (χ4v) is 5.96. The molecule has 2 atom stereocenters. The molecular weight excluding hydrogens is 639 g/mol. The van der Waals surface area contributed by atoms with E-state index in [1.165, 1.54) is 0 Å². The highest BCUT2D eigenvalue weighted by molar-refractivity contribution is 7.48. The number of aliphatic hydroxyl groups excluding tert-OH is 1. The van der Waals surface area contributed by atoms with E-state index >= 15 is 0 Å². The van der Waals surface area contributed by atoms with Gasteiger partial charge in [0.15, 0.2) is 11.9 Å². The molecule has 0 aromatic heterocycles. The first kappa shape index (κ1) is 34.7. The lowest BCUT2D eigenvalue weighted by molar-refractivity contribution is -0.148. The highest BCUT2D eigenvalue weighted by Gasteiger charge is 2.46. The zero-order valence-electron chi connectivity index (χ0n) is 26.6. The van der Waals surface area contributed by atoms with Crippen molar-refractivity contribution in [3.8, 4) is 11.5 Å². The normalized spacial score (nSPS) is 15.1. The summed E-state index contributed by atoms with van der Waals surface area (Å²) < 4.78 is 59.7. The van der Waals surface area contributed by atoms with Gasteiger partial charge in [0.05, 0.1) is 34.0 Å². The van der Waals surface area contributed by atoms with Gasteiger partial charge < -0.3 is 28.8 Å². The van der Waals surface area contributed by atoms with Gasteiger partial charge in [0.25, 0.3) is 0 Å². The first-order valence-corrected chi connectivity index (χ1v) is 16.6. The first-order chi connectivity index (χ1) is 23.4. The minimum atomic E-state index is -4.39. The molecule has 48 heavy (non-hydrogen) atoms. The van der Waals surface area contributed by atoms with Gasteiger partial charge >= 0.3 is 13.8 Å². The zero-order chi connectivity index (χ0) is 33.8. The molecule has 5 rings (SSSR count). The Hall–Kier alpha value is -4.64. The van der Waals surface area contributed by atoms with Crippen LogP contribution in [-0.2, 0) is 63.6 Å². The Balaban J connectivity index is 1.40. The predicted octanol–water partition coefficient (Wildman–Crippen LogP) is 6.49. The number of methoxy groups -OCH3 is 2. The first-order valence-electron chi connectivity index (χ1n) is 15.1. The molecule has 11 nitrogen and oxygen atoms in total. The Kier molecular flexibility index (Phi) is 12.3. The van der Waals surface area contributed by atoms with Crippen LogP contribution in [0.5, 0.6) is 11.5 Å². The summed E-state index contributed by atoms with van der Waals surface area (Å²) in [6.07, 6.45) is -2.76. The lowest BCUT2D eigenvalue weighted by atomic mass is 10.1. The van der Waals surface area contributed by atoms with E-state index in [0.29, 0.717) is 11.5 Å². The highest BCUT2D eigenvalue weighted by atomic mass is 31.2. The van der Waals surface area contributed by atoms with Gasteiger partial charge in [0, 0.05) is 0 Å². The van der Waals surface area contributed by atoms with Crippen LogP contribution in [0.1, 0.15) is 22.3 Å². The Morgan fingerprint density at radius 1 is 0.667 bits per heavy atom. The highest BCUT2D eigenvalue weighted by Crippen LogP contribution is 2.53. The Morgan fingerprint density at radius 2 is 1.12 bits per heavy atom. The smallest absolute Gasteiger partial charge is 0.475 e. The predicted molar refractivity (Wildman–Crippen MR) is 174 cm³/mol. The molecule has 0 saturated heterocycles. The third kappa shape index (κ3) is 9.47. The van der Waals surface area contributed by atoms with Crippen LogP contribution in [0, 0.1) is 0 Å². The molecule has 0 radical (unpaired) electrons. The Morgan fingerprint density at radius 3 is 1.58 bits per heavy atom. The van der Waals surface area contributed by atoms with Gasteiger partial charge in [0.1, 0.15) is 30.8 Å². The summed E-state index contributed by atoms with van der Waals surface area (Å²) in [6, 6.07) is 32.4. The molecule has 1 N–H and O–H groups in total. The number of aliphatic hydroxyl groups is 1. The van der Waals surface area contributed by atoms with Crippen molar-refractivity contribution in [3.63, 3.8) is 0 Å². The maximum atomic E-state index is 14.1. The second-order valence-electron chi connectivity index (χ2n) is 10.6. The summed E-state index contributed by atoms with van der Waals surface area (Å²) in [4.78, 5) is 13.2. The van der Waals surface area contributed by atoms with E-state index in [0.717, 1.165) is 22.3 Å². The quantitative estimate of drug-likeness (QED) is 0.0917. The number of esters is 1. The summed E-state index contributed by atoms with van der Waals surface area (Å²) in [5.41, 5.74) is 2.93. The van der Waals surface area contributed by atoms with Crippen molar-refractivity contribution in [2.75, 3.05) is 20.8 Å². The molecule has 0 amide bonds. The van der Waals surface area contributed by atoms with Crippen LogP contribution in [0.4, 0.5) is 0 Å². The van der Waals surface area contributed by atoms with Crippen LogP contribution in [0.15, 0.2) is 121 Å². The van der Waals surface area contributed by atoms with Crippen LogP contribution >= 0.6 is 7.82 Å². The number of hydrogen-bond donors (Lipinski definition) is 1. The Bertz CT molecular complexity index is 1630. The van der Waals surface area contributed by atoms with Crippen LogP contribution in [0.25, 0.3) is 0 Å². The van der Waals surface area contributed by atoms with Crippen LogP contribution < -0.4 is 9.47 Å². The van der Waals surface area contributed by atoms with Gasteiger partial charge in [-0.05, 0) is 46.5 Å². The maximum Gasteiger partial charge on any atom is 0.475 e. The molecule has 1 aliphatic heterocycles. The lowest BCUT2D eigenvalue weighted by Gasteiger charge is -2.27. The Labute approximate surface area is 279 Å². The number of rotatable bonds is 18. The molecule has 4 aromatic carbocycles. The molecule has 1 heterocycles. The monoisotopic (exact) mass is 676 g/mol. The van der Waals surface area contributed by atoms with Gasteiger partial charge in [-0.15, -0.1) is 0 Å². The molecule has 252 valence electrons. The minimum Gasteiger partial charge on any atom is -0.497 e. The number of carbonyl (C=O) groups excluding carboxylic acids is 1. The second kappa shape index (κ2) is 17.0. The molecule has 4 aromatic rings. The van der Waals surface area contributed by atoms with Gasteiger partial charge in [-0.3, -0.25) is 13.6 Å². The van der Waals surface area contributed by atoms with Crippen molar-refractivity contribution in [2.24, 2.45) is 0 Å². The van der Waals surface area contributed by atoms with E-state index < -0.39 is 32.6 Å².